The number of aliphatic hydroxyl groups is 1. The molecule has 7 heteroatoms. The molecule has 2 aromatic heterocycles. The molecule has 0 aromatic carbocycles. The zero-order valence-corrected chi connectivity index (χ0v) is 14.7. The molecular formula is C19H22N4O3. The fourth-order valence-corrected chi connectivity index (χ4v) is 4.17. The number of nitrogens with zero attached hydrogens (tertiary/aromatic N) is 4. The van der Waals surface area contributed by atoms with Gasteiger partial charge in [0.25, 0.3) is 5.91 Å². The summed E-state index contributed by atoms with van der Waals surface area (Å²) in [6.07, 6.45) is 8.94. The fraction of sp³-hybridized carbons (Fsp3) is 0.474. The van der Waals surface area contributed by atoms with E-state index in [9.17, 15) is 9.90 Å². The molecule has 3 heterocycles. The number of carbonyl (C=O) groups excluding carboxylic acids is 1. The van der Waals surface area contributed by atoms with Crippen LogP contribution in [0.2, 0.25) is 0 Å². The number of likely N-dealkylation sites (tertiary alicyclic amines) is 1. The number of aliphatic hydroxyl groups excluding tert-OH is 1. The van der Waals surface area contributed by atoms with E-state index in [1.807, 2.05) is 17.0 Å². The number of ether oxygens (including phenoxy) is 1. The van der Waals surface area contributed by atoms with Gasteiger partial charge in [0.2, 0.25) is 0 Å². The summed E-state index contributed by atoms with van der Waals surface area (Å²) in [6.45, 7) is 0.619. The van der Waals surface area contributed by atoms with E-state index in [0.717, 1.165) is 24.8 Å². The molecule has 1 amide bonds. The van der Waals surface area contributed by atoms with Crippen molar-refractivity contribution in [3.8, 4) is 11.4 Å². The number of hydrogen-bond donors (Lipinski definition) is 1. The van der Waals surface area contributed by atoms with E-state index in [-0.39, 0.29) is 23.7 Å². The van der Waals surface area contributed by atoms with Crippen LogP contribution < -0.4 is 0 Å². The molecular weight excluding hydrogens is 332 g/mol. The zero-order valence-electron chi connectivity index (χ0n) is 14.7. The monoisotopic (exact) mass is 354 g/mol. The fourth-order valence-electron chi connectivity index (χ4n) is 4.17. The number of fused-ring (bicyclic) bond motifs is 1. The summed E-state index contributed by atoms with van der Waals surface area (Å²) in [4.78, 5) is 27.5. The minimum atomic E-state index is -0.388. The Morgan fingerprint density at radius 1 is 1.31 bits per heavy atom. The SMILES string of the molecule is CO[C@@]12CC[C@H](O)C[C@@H]1N(C(=O)c1cnc(-c3cccnc3)nc1)CC2. The maximum atomic E-state index is 13.0. The minimum absolute atomic E-state index is 0.109. The van der Waals surface area contributed by atoms with Crippen LogP contribution >= 0.6 is 0 Å². The highest BCUT2D eigenvalue weighted by molar-refractivity contribution is 5.94. The second-order valence-electron chi connectivity index (χ2n) is 7.00. The highest BCUT2D eigenvalue weighted by atomic mass is 16.5. The largest absolute Gasteiger partial charge is 0.393 e. The third kappa shape index (κ3) is 2.87. The van der Waals surface area contributed by atoms with Gasteiger partial charge in [0.15, 0.2) is 5.82 Å². The molecule has 2 fully saturated rings. The maximum absolute atomic E-state index is 13.0. The molecule has 1 saturated carbocycles. The third-order valence-electron chi connectivity index (χ3n) is 5.64. The third-order valence-corrected chi connectivity index (χ3v) is 5.64. The van der Waals surface area contributed by atoms with Gasteiger partial charge < -0.3 is 14.7 Å². The van der Waals surface area contributed by atoms with Gasteiger partial charge in [-0.2, -0.15) is 0 Å². The molecule has 2 aromatic rings. The predicted molar refractivity (Wildman–Crippen MR) is 94.3 cm³/mol. The Labute approximate surface area is 152 Å². The molecule has 0 spiro atoms. The van der Waals surface area contributed by atoms with Crippen LogP contribution in [-0.2, 0) is 4.74 Å². The number of methoxy groups -OCH3 is 1. The molecule has 1 aliphatic carbocycles. The van der Waals surface area contributed by atoms with Crippen LogP contribution in [0.25, 0.3) is 11.4 Å². The van der Waals surface area contributed by atoms with Crippen LogP contribution in [0.1, 0.15) is 36.0 Å². The van der Waals surface area contributed by atoms with Gasteiger partial charge in [-0.3, -0.25) is 9.78 Å². The minimum Gasteiger partial charge on any atom is -0.393 e. The summed E-state index contributed by atoms with van der Waals surface area (Å²) in [5.41, 5.74) is 0.914. The highest BCUT2D eigenvalue weighted by Gasteiger charge is 2.52. The predicted octanol–water partition coefficient (Wildman–Crippen LogP) is 1.68. The van der Waals surface area contributed by atoms with Crippen molar-refractivity contribution in [3.63, 3.8) is 0 Å². The van der Waals surface area contributed by atoms with Crippen LogP contribution in [0.3, 0.4) is 0 Å². The van der Waals surface area contributed by atoms with Gasteiger partial charge in [0.05, 0.1) is 23.3 Å². The summed E-state index contributed by atoms with van der Waals surface area (Å²) in [5.74, 6) is 0.427. The van der Waals surface area contributed by atoms with Crippen molar-refractivity contribution in [2.75, 3.05) is 13.7 Å². The standard InChI is InChI=1S/C19H22N4O3/c1-26-19-5-4-15(24)9-16(19)23(8-6-19)18(25)14-11-21-17(22-12-14)13-3-2-7-20-10-13/h2-3,7,10-12,15-16,24H,4-6,8-9H2,1H3/t15-,16-,19+/m0/s1. The molecule has 1 N–H and O–H groups in total. The lowest BCUT2D eigenvalue weighted by molar-refractivity contribution is -0.0824. The van der Waals surface area contributed by atoms with E-state index < -0.39 is 0 Å². The molecule has 136 valence electrons. The number of rotatable bonds is 3. The Morgan fingerprint density at radius 3 is 2.81 bits per heavy atom. The van der Waals surface area contributed by atoms with E-state index in [4.69, 9.17) is 4.74 Å². The van der Waals surface area contributed by atoms with Crippen molar-refractivity contribution in [3.05, 3.63) is 42.5 Å². The normalized spacial score (nSPS) is 28.0. The van der Waals surface area contributed by atoms with Crippen molar-refractivity contribution in [1.82, 2.24) is 19.9 Å². The number of hydrogen-bond acceptors (Lipinski definition) is 6. The Bertz CT molecular complexity index is 783. The average Bonchev–Trinajstić information content (AvgIpc) is 3.07. The Kier molecular flexibility index (Phi) is 4.42. The number of amides is 1. The van der Waals surface area contributed by atoms with Gasteiger partial charge in [-0.15, -0.1) is 0 Å². The lowest BCUT2D eigenvalue weighted by Gasteiger charge is -2.42. The van der Waals surface area contributed by atoms with E-state index in [2.05, 4.69) is 15.0 Å². The van der Waals surface area contributed by atoms with Crippen molar-refractivity contribution >= 4 is 5.91 Å². The number of pyridine rings is 1. The van der Waals surface area contributed by atoms with Crippen molar-refractivity contribution in [1.29, 1.82) is 0 Å². The van der Waals surface area contributed by atoms with Gasteiger partial charge >= 0.3 is 0 Å². The van der Waals surface area contributed by atoms with Gasteiger partial charge in [0, 0.05) is 44.0 Å². The Hall–Kier alpha value is -2.38. The molecule has 3 atom stereocenters. The van der Waals surface area contributed by atoms with Crippen LogP contribution in [0.5, 0.6) is 0 Å². The summed E-state index contributed by atoms with van der Waals surface area (Å²) in [6, 6.07) is 3.59. The molecule has 0 radical (unpaired) electrons. The maximum Gasteiger partial charge on any atom is 0.257 e. The first kappa shape index (κ1) is 17.1. The van der Waals surface area contributed by atoms with E-state index in [1.165, 1.54) is 0 Å². The molecule has 1 aliphatic heterocycles. The molecule has 26 heavy (non-hydrogen) atoms. The summed E-state index contributed by atoms with van der Waals surface area (Å²) in [7, 11) is 1.70. The Morgan fingerprint density at radius 2 is 2.12 bits per heavy atom. The quantitative estimate of drug-likeness (QED) is 0.902. The zero-order chi connectivity index (χ0) is 18.1. The van der Waals surface area contributed by atoms with Gasteiger partial charge in [0.1, 0.15) is 0 Å². The smallest absolute Gasteiger partial charge is 0.257 e. The lowest BCUT2D eigenvalue weighted by Crippen LogP contribution is -2.52. The van der Waals surface area contributed by atoms with E-state index in [0.29, 0.717) is 24.4 Å². The van der Waals surface area contributed by atoms with Crippen LogP contribution in [0.4, 0.5) is 0 Å². The first-order chi connectivity index (χ1) is 12.6. The summed E-state index contributed by atoms with van der Waals surface area (Å²) in [5, 5.41) is 10.1. The molecule has 1 saturated heterocycles. The summed E-state index contributed by atoms with van der Waals surface area (Å²) < 4.78 is 5.80. The van der Waals surface area contributed by atoms with Crippen LogP contribution in [-0.4, -0.2) is 62.3 Å². The van der Waals surface area contributed by atoms with Crippen molar-refractivity contribution < 1.29 is 14.6 Å². The number of aromatic nitrogens is 3. The van der Waals surface area contributed by atoms with Crippen LogP contribution in [0, 0.1) is 0 Å². The van der Waals surface area contributed by atoms with Gasteiger partial charge in [-0.05, 0) is 37.8 Å². The van der Waals surface area contributed by atoms with Crippen molar-refractivity contribution in [2.45, 2.75) is 43.4 Å². The second-order valence-corrected chi connectivity index (χ2v) is 7.00. The summed E-state index contributed by atoms with van der Waals surface area (Å²) >= 11 is 0. The van der Waals surface area contributed by atoms with E-state index in [1.54, 1.807) is 31.9 Å². The first-order valence-electron chi connectivity index (χ1n) is 8.89. The topological polar surface area (TPSA) is 88.4 Å². The molecule has 4 rings (SSSR count). The lowest BCUT2D eigenvalue weighted by atomic mass is 9.79. The Balaban J connectivity index is 1.56. The molecule has 2 aliphatic rings. The average molecular weight is 354 g/mol. The van der Waals surface area contributed by atoms with E-state index >= 15 is 0 Å². The van der Waals surface area contributed by atoms with Gasteiger partial charge in [-0.1, -0.05) is 0 Å². The van der Waals surface area contributed by atoms with Crippen molar-refractivity contribution in [2.24, 2.45) is 0 Å². The number of carbonyl (C=O) groups is 1. The molecule has 7 nitrogen and oxygen atoms in total. The highest BCUT2D eigenvalue weighted by Crippen LogP contribution is 2.42. The second kappa shape index (κ2) is 6.74. The molecule has 0 bridgehead atoms. The molecule has 0 unspecified atom stereocenters. The van der Waals surface area contributed by atoms with Crippen LogP contribution in [0.15, 0.2) is 36.9 Å². The van der Waals surface area contributed by atoms with Gasteiger partial charge in [-0.25, -0.2) is 9.97 Å². The first-order valence-corrected chi connectivity index (χ1v) is 8.89.